The van der Waals surface area contributed by atoms with Crippen LogP contribution in [0.3, 0.4) is 0 Å². The van der Waals surface area contributed by atoms with Crippen LogP contribution in [0.1, 0.15) is 53.4 Å². The van der Waals surface area contributed by atoms with Gasteiger partial charge in [-0.15, -0.1) is 11.3 Å². The van der Waals surface area contributed by atoms with Gasteiger partial charge in [0.2, 0.25) is 0 Å². The first kappa shape index (κ1) is 15.7. The van der Waals surface area contributed by atoms with Gasteiger partial charge in [0, 0.05) is 23.1 Å². The Labute approximate surface area is 139 Å². The number of primary amides is 1. The summed E-state index contributed by atoms with van der Waals surface area (Å²) in [5.41, 5.74) is 7.97. The average Bonchev–Trinajstić information content (AvgIpc) is 2.97. The monoisotopic (exact) mass is 329 g/mol. The van der Waals surface area contributed by atoms with Crippen LogP contribution in [0, 0.1) is 0 Å². The minimum Gasteiger partial charge on any atom is -0.351 e. The van der Waals surface area contributed by atoms with E-state index in [1.54, 1.807) is 18.3 Å². The van der Waals surface area contributed by atoms with Gasteiger partial charge in [-0.25, -0.2) is 14.7 Å². The van der Waals surface area contributed by atoms with Gasteiger partial charge in [-0.3, -0.25) is 4.79 Å². The third kappa shape index (κ3) is 2.99. The van der Waals surface area contributed by atoms with E-state index in [0.717, 1.165) is 28.8 Å². The Hall–Kier alpha value is -2.21. The van der Waals surface area contributed by atoms with Crippen molar-refractivity contribution < 1.29 is 9.59 Å². The van der Waals surface area contributed by atoms with Crippen LogP contribution in [0.2, 0.25) is 0 Å². The fourth-order valence-corrected chi connectivity index (χ4v) is 3.70. The lowest BCUT2D eigenvalue weighted by molar-refractivity contribution is 0.0972. The van der Waals surface area contributed by atoms with Crippen LogP contribution < -0.4 is 10.6 Å². The number of urea groups is 1. The van der Waals surface area contributed by atoms with Crippen molar-refractivity contribution in [2.75, 3.05) is 4.90 Å². The highest BCUT2D eigenvalue weighted by Gasteiger charge is 2.23. The molecule has 3 rings (SSSR count). The molecule has 0 fully saturated rings. The minimum atomic E-state index is -0.572. The maximum atomic E-state index is 12.0. The van der Waals surface area contributed by atoms with Crippen LogP contribution in [-0.4, -0.2) is 16.8 Å². The van der Waals surface area contributed by atoms with E-state index in [-0.39, 0.29) is 5.78 Å². The normalized spacial score (nSPS) is 14.0. The number of nitrogens with zero attached hydrogens (tertiary/aromatic N) is 2. The number of rotatable bonds is 3. The molecule has 0 atom stereocenters. The molecule has 1 aliphatic rings. The highest BCUT2D eigenvalue weighted by molar-refractivity contribution is 7.15. The summed E-state index contributed by atoms with van der Waals surface area (Å²) in [4.78, 5) is 30.7. The molecule has 0 radical (unpaired) electrons. The van der Waals surface area contributed by atoms with Crippen LogP contribution >= 0.6 is 11.3 Å². The number of nitrogens with two attached hydrogens (primary N) is 1. The largest absolute Gasteiger partial charge is 0.351 e. The summed E-state index contributed by atoms with van der Waals surface area (Å²) < 4.78 is 0. The summed E-state index contributed by atoms with van der Waals surface area (Å²) in [6, 6.07) is 4.87. The van der Waals surface area contributed by atoms with Crippen molar-refractivity contribution in [3.63, 3.8) is 0 Å². The Morgan fingerprint density at radius 1 is 1.35 bits per heavy atom. The molecular weight excluding hydrogens is 310 g/mol. The third-order valence-electron chi connectivity index (χ3n) is 3.99. The molecule has 0 aliphatic heterocycles. The van der Waals surface area contributed by atoms with Crippen LogP contribution in [-0.2, 0) is 6.42 Å². The van der Waals surface area contributed by atoms with Gasteiger partial charge in [0.1, 0.15) is 0 Å². The number of carbonyl (C=O) groups is 2. The van der Waals surface area contributed by atoms with Crippen LogP contribution in [0.4, 0.5) is 15.6 Å². The summed E-state index contributed by atoms with van der Waals surface area (Å²) in [6.45, 7) is 4.16. The molecule has 0 saturated carbocycles. The quantitative estimate of drug-likeness (QED) is 0.924. The number of fused-ring (bicyclic) bond motifs is 1. The lowest BCUT2D eigenvalue weighted by atomic mass is 9.90. The van der Waals surface area contributed by atoms with Crippen molar-refractivity contribution in [3.05, 3.63) is 40.4 Å². The first-order chi connectivity index (χ1) is 11.0. The number of hydrogen-bond acceptors (Lipinski definition) is 4. The molecule has 120 valence electrons. The molecule has 1 aliphatic carbocycles. The first-order valence-electron chi connectivity index (χ1n) is 7.68. The topological polar surface area (TPSA) is 76.3 Å². The lowest BCUT2D eigenvalue weighted by Crippen LogP contribution is -2.31. The number of carbonyl (C=O) groups excluding carboxylic acids is 2. The number of hydrogen-bond donors (Lipinski definition) is 1. The van der Waals surface area contributed by atoms with E-state index in [1.807, 2.05) is 6.07 Å². The number of aryl methyl sites for hydroxylation is 1. The van der Waals surface area contributed by atoms with Crippen molar-refractivity contribution >= 4 is 34.0 Å². The number of thiazole rings is 1. The van der Waals surface area contributed by atoms with Gasteiger partial charge >= 0.3 is 6.03 Å². The molecule has 0 unspecified atom stereocenters. The van der Waals surface area contributed by atoms with Crippen molar-refractivity contribution in [1.29, 1.82) is 0 Å². The summed E-state index contributed by atoms with van der Waals surface area (Å²) in [5, 5.41) is 0.559. The molecule has 2 aromatic rings. The van der Waals surface area contributed by atoms with Gasteiger partial charge in [-0.1, -0.05) is 13.8 Å². The number of amides is 2. The number of aromatic nitrogens is 1. The molecular formula is C17H19N3O2S. The molecule has 6 heteroatoms. The van der Waals surface area contributed by atoms with Gasteiger partial charge < -0.3 is 5.73 Å². The van der Waals surface area contributed by atoms with E-state index in [0.29, 0.717) is 23.2 Å². The van der Waals surface area contributed by atoms with E-state index >= 15 is 0 Å². The SMILES string of the molecule is CC(C)c1cnc(N(C(N)=O)c2ccc3c(c2)CCCC3=O)s1. The second-order valence-electron chi connectivity index (χ2n) is 5.99. The molecule has 0 bridgehead atoms. The van der Waals surface area contributed by atoms with Crippen molar-refractivity contribution in [2.45, 2.75) is 39.0 Å². The Balaban J connectivity index is 2.01. The Morgan fingerprint density at radius 2 is 2.13 bits per heavy atom. The molecule has 5 nitrogen and oxygen atoms in total. The zero-order chi connectivity index (χ0) is 16.6. The minimum absolute atomic E-state index is 0.166. The number of Topliss-reactive ketones (excluding diaryl/α,β-unsaturated/α-hetero) is 1. The van der Waals surface area contributed by atoms with Gasteiger partial charge in [0.15, 0.2) is 10.9 Å². The van der Waals surface area contributed by atoms with E-state index in [1.165, 1.54) is 16.2 Å². The molecule has 2 N–H and O–H groups in total. The smallest absolute Gasteiger partial charge is 0.325 e. The molecule has 1 aromatic heterocycles. The van der Waals surface area contributed by atoms with Crippen molar-refractivity contribution in [1.82, 2.24) is 4.98 Å². The second-order valence-corrected chi connectivity index (χ2v) is 7.03. The molecule has 23 heavy (non-hydrogen) atoms. The summed E-state index contributed by atoms with van der Waals surface area (Å²) in [6.07, 6.45) is 4.07. The Morgan fingerprint density at radius 3 is 2.78 bits per heavy atom. The van der Waals surface area contributed by atoms with E-state index in [2.05, 4.69) is 18.8 Å². The number of benzene rings is 1. The van der Waals surface area contributed by atoms with Crippen LogP contribution in [0.25, 0.3) is 0 Å². The first-order valence-corrected chi connectivity index (χ1v) is 8.50. The number of ketones is 1. The van der Waals surface area contributed by atoms with E-state index in [4.69, 9.17) is 5.73 Å². The zero-order valence-electron chi connectivity index (χ0n) is 13.2. The fraction of sp³-hybridized carbons (Fsp3) is 0.353. The Kier molecular flexibility index (Phi) is 4.17. The number of anilines is 2. The van der Waals surface area contributed by atoms with Gasteiger partial charge in [0.05, 0.1) is 5.69 Å². The standard InChI is InChI=1S/C17H19N3O2S/c1-10(2)15-9-19-17(23-15)20(16(18)22)12-6-7-13-11(8-12)4-3-5-14(13)21/h6-10H,3-5H2,1-2H3,(H2,18,22). The predicted molar refractivity (Wildman–Crippen MR) is 91.6 cm³/mol. The molecule has 2 amide bonds. The summed E-state index contributed by atoms with van der Waals surface area (Å²) in [7, 11) is 0. The van der Waals surface area contributed by atoms with Crippen molar-refractivity contribution in [2.24, 2.45) is 5.73 Å². The predicted octanol–water partition coefficient (Wildman–Crippen LogP) is 4.00. The molecule has 0 saturated heterocycles. The Bertz CT molecular complexity index is 767. The van der Waals surface area contributed by atoms with E-state index < -0.39 is 6.03 Å². The molecule has 1 heterocycles. The zero-order valence-corrected chi connectivity index (χ0v) is 14.0. The maximum Gasteiger partial charge on any atom is 0.325 e. The highest BCUT2D eigenvalue weighted by Crippen LogP contribution is 2.34. The highest BCUT2D eigenvalue weighted by atomic mass is 32.1. The maximum absolute atomic E-state index is 12.0. The van der Waals surface area contributed by atoms with Gasteiger partial charge in [0.25, 0.3) is 0 Å². The lowest BCUT2D eigenvalue weighted by Gasteiger charge is -2.21. The summed E-state index contributed by atoms with van der Waals surface area (Å²) >= 11 is 1.46. The molecule has 0 spiro atoms. The average molecular weight is 329 g/mol. The summed E-state index contributed by atoms with van der Waals surface area (Å²) in [5.74, 6) is 0.511. The third-order valence-corrected chi connectivity index (χ3v) is 5.27. The molecule has 1 aromatic carbocycles. The van der Waals surface area contributed by atoms with Crippen LogP contribution in [0.5, 0.6) is 0 Å². The fourth-order valence-electron chi connectivity index (χ4n) is 2.75. The van der Waals surface area contributed by atoms with Crippen molar-refractivity contribution in [3.8, 4) is 0 Å². The van der Waals surface area contributed by atoms with Crippen LogP contribution in [0.15, 0.2) is 24.4 Å². The van der Waals surface area contributed by atoms with Gasteiger partial charge in [-0.05, 0) is 42.5 Å². The van der Waals surface area contributed by atoms with E-state index in [9.17, 15) is 9.59 Å². The second kappa shape index (κ2) is 6.12. The van der Waals surface area contributed by atoms with Gasteiger partial charge in [-0.2, -0.15) is 0 Å².